The quantitative estimate of drug-likeness (QED) is 0.392. The molecule has 0 atom stereocenters. The number of nitrogens with zero attached hydrogens (tertiary/aromatic N) is 1. The van der Waals surface area contributed by atoms with Crippen LogP contribution in [0.5, 0.6) is 0 Å². The van der Waals surface area contributed by atoms with E-state index in [0.717, 1.165) is 4.31 Å². The summed E-state index contributed by atoms with van der Waals surface area (Å²) in [5.74, 6) is 0. The van der Waals surface area contributed by atoms with Crippen molar-refractivity contribution in [3.8, 4) is 0 Å². The highest BCUT2D eigenvalue weighted by Crippen LogP contribution is 1.86. The Bertz CT molecular complexity index is 189. The van der Waals surface area contributed by atoms with Gasteiger partial charge in [-0.15, -0.1) is 0 Å². The Labute approximate surface area is 66.4 Å². The SMILES string of the molecule is CN(C)S(=O)(=O)NOCCN. The molecule has 0 aliphatic carbocycles. The lowest BCUT2D eigenvalue weighted by Crippen LogP contribution is -2.36. The van der Waals surface area contributed by atoms with Crippen LogP contribution in [0.3, 0.4) is 0 Å². The van der Waals surface area contributed by atoms with Gasteiger partial charge in [-0.2, -0.15) is 12.7 Å². The average molecular weight is 183 g/mol. The molecule has 0 aromatic heterocycles. The molecule has 11 heavy (non-hydrogen) atoms. The molecule has 6 nitrogen and oxygen atoms in total. The maximum absolute atomic E-state index is 10.9. The van der Waals surface area contributed by atoms with Gasteiger partial charge >= 0.3 is 10.2 Å². The van der Waals surface area contributed by atoms with Crippen molar-refractivity contribution in [1.29, 1.82) is 0 Å². The average Bonchev–Trinajstić information content (AvgIpc) is 1.88. The largest absolute Gasteiger partial charge is 0.328 e. The van der Waals surface area contributed by atoms with Crippen LogP contribution in [0, 0.1) is 0 Å². The molecular formula is C4H13N3O3S. The van der Waals surface area contributed by atoms with Crippen molar-refractivity contribution in [1.82, 2.24) is 9.19 Å². The van der Waals surface area contributed by atoms with E-state index in [4.69, 9.17) is 5.73 Å². The van der Waals surface area contributed by atoms with Gasteiger partial charge in [0.1, 0.15) is 0 Å². The van der Waals surface area contributed by atoms with E-state index in [-0.39, 0.29) is 13.2 Å². The monoisotopic (exact) mass is 183 g/mol. The van der Waals surface area contributed by atoms with Gasteiger partial charge in [0.15, 0.2) is 0 Å². The first kappa shape index (κ1) is 10.8. The Balaban J connectivity index is 3.75. The summed E-state index contributed by atoms with van der Waals surface area (Å²) in [6, 6.07) is 0. The zero-order valence-corrected chi connectivity index (χ0v) is 7.39. The molecule has 0 aliphatic rings. The van der Waals surface area contributed by atoms with Crippen molar-refractivity contribution >= 4 is 10.2 Å². The fourth-order valence-electron chi connectivity index (χ4n) is 0.250. The molecule has 0 unspecified atom stereocenters. The van der Waals surface area contributed by atoms with Crippen LogP contribution in [0.1, 0.15) is 0 Å². The van der Waals surface area contributed by atoms with Gasteiger partial charge in [-0.05, 0) is 0 Å². The van der Waals surface area contributed by atoms with Crippen molar-refractivity contribution in [3.05, 3.63) is 0 Å². The van der Waals surface area contributed by atoms with Crippen LogP contribution >= 0.6 is 0 Å². The van der Waals surface area contributed by atoms with E-state index in [2.05, 4.69) is 4.84 Å². The molecule has 0 bridgehead atoms. The summed E-state index contributed by atoms with van der Waals surface area (Å²) in [7, 11) is -0.671. The second-order valence-corrected chi connectivity index (χ2v) is 3.85. The van der Waals surface area contributed by atoms with E-state index < -0.39 is 10.2 Å². The lowest BCUT2D eigenvalue weighted by atomic mass is 10.8. The molecule has 0 amide bonds. The minimum Gasteiger partial charge on any atom is -0.328 e. The molecule has 0 heterocycles. The first-order valence-corrected chi connectivity index (χ1v) is 4.46. The summed E-state index contributed by atoms with van der Waals surface area (Å²) in [5.41, 5.74) is 5.06. The lowest BCUT2D eigenvalue weighted by Gasteiger charge is -2.11. The van der Waals surface area contributed by atoms with E-state index in [0.29, 0.717) is 0 Å². The van der Waals surface area contributed by atoms with Gasteiger partial charge in [-0.1, -0.05) is 4.89 Å². The van der Waals surface area contributed by atoms with Gasteiger partial charge in [0.25, 0.3) is 0 Å². The van der Waals surface area contributed by atoms with E-state index in [1.165, 1.54) is 14.1 Å². The van der Waals surface area contributed by atoms with Gasteiger partial charge in [0.2, 0.25) is 0 Å². The summed E-state index contributed by atoms with van der Waals surface area (Å²) >= 11 is 0. The van der Waals surface area contributed by atoms with Crippen LogP contribution in [0.4, 0.5) is 0 Å². The number of nitrogens with one attached hydrogen (secondary N) is 1. The molecule has 0 saturated heterocycles. The van der Waals surface area contributed by atoms with Crippen LogP contribution in [0.25, 0.3) is 0 Å². The van der Waals surface area contributed by atoms with Gasteiger partial charge < -0.3 is 5.73 Å². The van der Waals surface area contributed by atoms with Crippen molar-refractivity contribution in [2.45, 2.75) is 0 Å². The first-order valence-electron chi connectivity index (χ1n) is 3.02. The Hall–Kier alpha value is -0.210. The topological polar surface area (TPSA) is 84.7 Å². The predicted molar refractivity (Wildman–Crippen MR) is 40.7 cm³/mol. The normalized spacial score (nSPS) is 12.4. The minimum absolute atomic E-state index is 0.160. The van der Waals surface area contributed by atoms with Gasteiger partial charge in [-0.3, -0.25) is 4.84 Å². The summed E-state index contributed by atoms with van der Waals surface area (Å²) in [4.78, 5) is 6.38. The number of hydrogen-bond acceptors (Lipinski definition) is 4. The number of rotatable bonds is 5. The number of hydrogen-bond donors (Lipinski definition) is 2. The minimum atomic E-state index is -3.46. The molecule has 0 spiro atoms. The second-order valence-electron chi connectivity index (χ2n) is 2.01. The van der Waals surface area contributed by atoms with Crippen molar-refractivity contribution in [2.75, 3.05) is 27.2 Å². The lowest BCUT2D eigenvalue weighted by molar-refractivity contribution is 0.0962. The van der Waals surface area contributed by atoms with Crippen LogP contribution in [0.15, 0.2) is 0 Å². The Morgan fingerprint density at radius 2 is 2.09 bits per heavy atom. The standard InChI is InChI=1S/C4H13N3O3S/c1-7(2)11(8,9)6-10-4-3-5/h6H,3-5H2,1-2H3. The predicted octanol–water partition coefficient (Wildman–Crippen LogP) is -1.73. The van der Waals surface area contributed by atoms with Gasteiger partial charge in [-0.25, -0.2) is 0 Å². The number of nitrogens with two attached hydrogens (primary N) is 1. The third-order valence-electron chi connectivity index (χ3n) is 0.865. The summed E-state index contributed by atoms with van der Waals surface area (Å²) in [6.45, 7) is 0.434. The highest BCUT2D eigenvalue weighted by molar-refractivity contribution is 7.86. The van der Waals surface area contributed by atoms with Crippen LogP contribution < -0.4 is 10.6 Å². The van der Waals surface area contributed by atoms with Gasteiger partial charge in [0, 0.05) is 20.6 Å². The summed E-state index contributed by atoms with van der Waals surface area (Å²) in [5, 5.41) is 0. The van der Waals surface area contributed by atoms with Crippen LogP contribution in [0.2, 0.25) is 0 Å². The zero-order chi connectivity index (χ0) is 8.91. The molecule has 0 aromatic carbocycles. The highest BCUT2D eigenvalue weighted by atomic mass is 32.2. The van der Waals surface area contributed by atoms with Crippen LogP contribution in [-0.4, -0.2) is 40.0 Å². The van der Waals surface area contributed by atoms with Crippen molar-refractivity contribution in [3.63, 3.8) is 0 Å². The van der Waals surface area contributed by atoms with E-state index in [1.807, 2.05) is 4.89 Å². The molecule has 7 heteroatoms. The Morgan fingerprint density at radius 3 is 2.45 bits per heavy atom. The fraction of sp³-hybridized carbons (Fsp3) is 1.00. The van der Waals surface area contributed by atoms with E-state index in [1.54, 1.807) is 0 Å². The summed E-state index contributed by atoms with van der Waals surface area (Å²) in [6.07, 6.45) is 0. The maximum atomic E-state index is 10.9. The highest BCUT2D eigenvalue weighted by Gasteiger charge is 2.11. The Kier molecular flexibility index (Phi) is 4.54. The second kappa shape index (κ2) is 4.62. The summed E-state index contributed by atoms with van der Waals surface area (Å²) < 4.78 is 22.7. The molecule has 0 aromatic rings. The molecule has 0 saturated carbocycles. The third-order valence-corrected chi connectivity index (χ3v) is 2.15. The molecule has 68 valence electrons. The first-order chi connectivity index (χ1) is 5.00. The molecule has 0 aliphatic heterocycles. The molecule has 0 rings (SSSR count). The van der Waals surface area contributed by atoms with E-state index >= 15 is 0 Å². The van der Waals surface area contributed by atoms with Crippen LogP contribution in [-0.2, 0) is 15.0 Å². The Morgan fingerprint density at radius 1 is 1.55 bits per heavy atom. The molecule has 3 N–H and O–H groups in total. The fourth-order valence-corrected chi connectivity index (χ4v) is 0.631. The van der Waals surface area contributed by atoms with Crippen molar-refractivity contribution < 1.29 is 13.3 Å². The van der Waals surface area contributed by atoms with E-state index in [9.17, 15) is 8.42 Å². The third kappa shape index (κ3) is 4.27. The van der Waals surface area contributed by atoms with Gasteiger partial charge in [0.05, 0.1) is 6.61 Å². The smallest absolute Gasteiger partial charge is 0.301 e. The maximum Gasteiger partial charge on any atom is 0.301 e. The molecule has 0 radical (unpaired) electrons. The molecule has 0 fully saturated rings. The zero-order valence-electron chi connectivity index (χ0n) is 6.57. The molecular weight excluding hydrogens is 170 g/mol. The van der Waals surface area contributed by atoms with Crippen molar-refractivity contribution in [2.24, 2.45) is 5.73 Å².